The lowest BCUT2D eigenvalue weighted by atomic mass is 10.0. The average Bonchev–Trinajstić information content (AvgIpc) is 2.64. The third-order valence-electron chi connectivity index (χ3n) is 4.08. The maximum absolute atomic E-state index is 12.1. The number of hydrazone groups is 1. The summed E-state index contributed by atoms with van der Waals surface area (Å²) < 4.78 is 0. The Kier molecular flexibility index (Phi) is 7.68. The molecule has 2 rings (SSSR count). The second-order valence-electron chi connectivity index (χ2n) is 6.23. The fourth-order valence-electron chi connectivity index (χ4n) is 2.66. The molecule has 0 saturated carbocycles. The molecule has 0 atom stereocenters. The fourth-order valence-corrected chi connectivity index (χ4v) is 2.66. The van der Waals surface area contributed by atoms with Gasteiger partial charge in [-0.2, -0.15) is 5.10 Å². The van der Waals surface area contributed by atoms with Crippen LogP contribution < -0.4 is 5.43 Å². The first-order valence-electron chi connectivity index (χ1n) is 9.06. The van der Waals surface area contributed by atoms with E-state index in [1.165, 1.54) is 25.0 Å². The van der Waals surface area contributed by atoms with E-state index in [1.807, 2.05) is 30.3 Å². The van der Waals surface area contributed by atoms with Crippen LogP contribution in [0.1, 0.15) is 56.6 Å². The van der Waals surface area contributed by atoms with Gasteiger partial charge in [-0.1, -0.05) is 62.9 Å². The topological polar surface area (TPSA) is 81.9 Å². The van der Waals surface area contributed by atoms with E-state index in [9.17, 15) is 15.0 Å². The van der Waals surface area contributed by atoms with Crippen LogP contribution in [-0.4, -0.2) is 21.8 Å². The number of phenols is 2. The molecule has 138 valence electrons. The van der Waals surface area contributed by atoms with Crippen molar-refractivity contribution in [1.29, 1.82) is 0 Å². The second kappa shape index (κ2) is 10.2. The second-order valence-corrected chi connectivity index (χ2v) is 6.23. The van der Waals surface area contributed by atoms with Crippen molar-refractivity contribution in [3.63, 3.8) is 0 Å². The normalized spacial score (nSPS) is 11.3. The van der Waals surface area contributed by atoms with Gasteiger partial charge in [0, 0.05) is 23.6 Å². The van der Waals surface area contributed by atoms with Crippen molar-refractivity contribution in [2.45, 2.75) is 45.4 Å². The molecular formula is C21H26N2O3. The molecule has 0 aromatic heterocycles. The van der Waals surface area contributed by atoms with Gasteiger partial charge in [0.25, 0.3) is 0 Å². The van der Waals surface area contributed by atoms with Crippen molar-refractivity contribution in [2.24, 2.45) is 5.10 Å². The van der Waals surface area contributed by atoms with Gasteiger partial charge in [-0.15, -0.1) is 0 Å². The van der Waals surface area contributed by atoms with Gasteiger partial charge in [0.05, 0.1) is 0 Å². The van der Waals surface area contributed by atoms with Crippen molar-refractivity contribution in [3.8, 4) is 11.5 Å². The van der Waals surface area contributed by atoms with E-state index >= 15 is 0 Å². The molecule has 0 unspecified atom stereocenters. The number of nitrogens with one attached hydrogen (secondary N) is 1. The molecule has 0 heterocycles. The molecule has 3 N–H and O–H groups in total. The van der Waals surface area contributed by atoms with Crippen LogP contribution in [-0.2, 0) is 4.79 Å². The highest BCUT2D eigenvalue weighted by Gasteiger charge is 2.13. The Morgan fingerprint density at radius 2 is 1.73 bits per heavy atom. The van der Waals surface area contributed by atoms with Crippen LogP contribution in [0.2, 0.25) is 0 Å². The zero-order valence-corrected chi connectivity index (χ0v) is 15.1. The van der Waals surface area contributed by atoms with Crippen LogP contribution in [0.15, 0.2) is 53.6 Å². The van der Waals surface area contributed by atoms with Gasteiger partial charge in [0.2, 0.25) is 5.91 Å². The molecular weight excluding hydrogens is 328 g/mol. The number of unbranched alkanes of at least 4 members (excludes halogenated alkanes) is 4. The molecule has 5 heteroatoms. The highest BCUT2D eigenvalue weighted by Crippen LogP contribution is 2.25. The molecule has 0 fully saturated rings. The van der Waals surface area contributed by atoms with Gasteiger partial charge in [0.15, 0.2) is 0 Å². The van der Waals surface area contributed by atoms with Crippen LogP contribution in [0.5, 0.6) is 11.5 Å². The number of hydrogen-bond donors (Lipinski definition) is 3. The highest BCUT2D eigenvalue weighted by molar-refractivity contribution is 6.14. The van der Waals surface area contributed by atoms with E-state index in [2.05, 4.69) is 17.5 Å². The van der Waals surface area contributed by atoms with E-state index in [1.54, 1.807) is 6.07 Å². The number of carbonyl (C=O) groups excluding carboxylic acids is 1. The SMILES string of the molecule is CCCCCCCC(=O)N/N=C(/c1ccccc1)c1ccc(O)cc1O. The van der Waals surface area contributed by atoms with E-state index < -0.39 is 0 Å². The quantitative estimate of drug-likeness (QED) is 0.356. The van der Waals surface area contributed by atoms with Crippen molar-refractivity contribution in [3.05, 3.63) is 59.7 Å². The molecule has 0 aliphatic carbocycles. The van der Waals surface area contributed by atoms with Crippen molar-refractivity contribution in [1.82, 2.24) is 5.43 Å². The Labute approximate surface area is 154 Å². The van der Waals surface area contributed by atoms with E-state index in [0.717, 1.165) is 24.8 Å². The molecule has 5 nitrogen and oxygen atoms in total. The lowest BCUT2D eigenvalue weighted by Gasteiger charge is -2.10. The fraction of sp³-hybridized carbons (Fsp3) is 0.333. The van der Waals surface area contributed by atoms with Crippen LogP contribution in [0.3, 0.4) is 0 Å². The third-order valence-corrected chi connectivity index (χ3v) is 4.08. The first-order chi connectivity index (χ1) is 12.6. The number of phenolic OH excluding ortho intramolecular Hbond substituents is 2. The Hall–Kier alpha value is -2.82. The lowest BCUT2D eigenvalue weighted by Crippen LogP contribution is -2.20. The number of benzene rings is 2. The number of amides is 1. The number of rotatable bonds is 9. The smallest absolute Gasteiger partial charge is 0.240 e. The number of carbonyl (C=O) groups is 1. The molecule has 2 aromatic rings. The molecule has 0 bridgehead atoms. The molecule has 0 aliphatic heterocycles. The maximum Gasteiger partial charge on any atom is 0.240 e. The first-order valence-corrected chi connectivity index (χ1v) is 9.06. The average molecular weight is 354 g/mol. The highest BCUT2D eigenvalue weighted by atomic mass is 16.3. The van der Waals surface area contributed by atoms with Gasteiger partial charge >= 0.3 is 0 Å². The first kappa shape index (κ1) is 19.5. The van der Waals surface area contributed by atoms with Crippen LogP contribution >= 0.6 is 0 Å². The molecule has 26 heavy (non-hydrogen) atoms. The van der Waals surface area contributed by atoms with Gasteiger partial charge in [-0.05, 0) is 18.6 Å². The molecule has 0 saturated heterocycles. The van der Waals surface area contributed by atoms with Crippen molar-refractivity contribution in [2.75, 3.05) is 0 Å². The lowest BCUT2D eigenvalue weighted by molar-refractivity contribution is -0.121. The van der Waals surface area contributed by atoms with Gasteiger partial charge in [-0.25, -0.2) is 5.43 Å². The molecule has 0 radical (unpaired) electrons. The Balaban J connectivity index is 2.12. The standard InChI is InChI=1S/C21H26N2O3/c1-2-3-4-5-9-12-20(26)22-23-21(16-10-7-6-8-11-16)18-14-13-17(24)15-19(18)25/h6-8,10-11,13-15,24-25H,2-5,9,12H2,1H3,(H,22,26)/b23-21-. The summed E-state index contributed by atoms with van der Waals surface area (Å²) >= 11 is 0. The summed E-state index contributed by atoms with van der Waals surface area (Å²) in [5, 5.41) is 23.9. The largest absolute Gasteiger partial charge is 0.508 e. The van der Waals surface area contributed by atoms with Crippen LogP contribution in [0, 0.1) is 0 Å². The van der Waals surface area contributed by atoms with Gasteiger partial charge in [-0.3, -0.25) is 4.79 Å². The zero-order valence-electron chi connectivity index (χ0n) is 15.1. The summed E-state index contributed by atoms with van der Waals surface area (Å²) in [6.07, 6.45) is 5.81. The van der Waals surface area contributed by atoms with Crippen LogP contribution in [0.25, 0.3) is 0 Å². The molecule has 0 spiro atoms. The zero-order chi connectivity index (χ0) is 18.8. The molecule has 0 aliphatic rings. The van der Waals surface area contributed by atoms with Crippen LogP contribution in [0.4, 0.5) is 0 Å². The minimum atomic E-state index is -0.145. The maximum atomic E-state index is 12.1. The summed E-state index contributed by atoms with van der Waals surface area (Å²) in [6.45, 7) is 2.16. The van der Waals surface area contributed by atoms with E-state index in [0.29, 0.717) is 17.7 Å². The van der Waals surface area contributed by atoms with Crippen molar-refractivity contribution < 1.29 is 15.0 Å². The summed E-state index contributed by atoms with van der Waals surface area (Å²) in [5.74, 6) is -0.274. The predicted molar refractivity (Wildman–Crippen MR) is 103 cm³/mol. The predicted octanol–water partition coefficient (Wildman–Crippen LogP) is 4.33. The minimum absolute atomic E-state index is 0.0326. The van der Waals surface area contributed by atoms with Gasteiger partial charge < -0.3 is 10.2 Å². The minimum Gasteiger partial charge on any atom is -0.508 e. The summed E-state index contributed by atoms with van der Waals surface area (Å²) in [6, 6.07) is 13.6. The van der Waals surface area contributed by atoms with Gasteiger partial charge in [0.1, 0.15) is 17.2 Å². The Morgan fingerprint density at radius 1 is 1.00 bits per heavy atom. The summed E-state index contributed by atoms with van der Waals surface area (Å²) in [7, 11) is 0. The number of nitrogens with zero attached hydrogens (tertiary/aromatic N) is 1. The molecule has 2 aromatic carbocycles. The number of hydrogen-bond acceptors (Lipinski definition) is 4. The third kappa shape index (κ3) is 5.92. The monoisotopic (exact) mass is 354 g/mol. The Bertz CT molecular complexity index is 742. The van der Waals surface area contributed by atoms with Crippen molar-refractivity contribution >= 4 is 11.6 Å². The molecule has 1 amide bonds. The Morgan fingerprint density at radius 3 is 2.42 bits per heavy atom. The van der Waals surface area contributed by atoms with E-state index in [-0.39, 0.29) is 17.4 Å². The summed E-state index contributed by atoms with van der Waals surface area (Å²) in [5.41, 5.74) is 4.24. The summed E-state index contributed by atoms with van der Waals surface area (Å²) in [4.78, 5) is 12.1. The number of aromatic hydroxyl groups is 2. The van der Waals surface area contributed by atoms with E-state index in [4.69, 9.17) is 0 Å².